The van der Waals surface area contributed by atoms with Crippen LogP contribution in [-0.2, 0) is 10.2 Å². The molecule has 0 saturated carbocycles. The quantitative estimate of drug-likeness (QED) is 0.328. The van der Waals surface area contributed by atoms with E-state index in [0.717, 1.165) is 38.6 Å². The predicted molar refractivity (Wildman–Crippen MR) is 108 cm³/mol. The van der Waals surface area contributed by atoms with Gasteiger partial charge in [-0.05, 0) is 30.9 Å². The first-order chi connectivity index (χ1) is 10.7. The van der Waals surface area contributed by atoms with E-state index in [1.54, 1.807) is 7.05 Å². The molecular weight excluding hydrogens is 401 g/mol. The Morgan fingerprint density at radius 2 is 2.00 bits per heavy atom. The van der Waals surface area contributed by atoms with Crippen LogP contribution in [-0.4, -0.2) is 39.3 Å². The Bertz CT molecular complexity index is 525. The normalized spacial score (nSPS) is 17.0. The van der Waals surface area contributed by atoms with Crippen LogP contribution in [0.3, 0.4) is 0 Å². The highest BCUT2D eigenvalue weighted by Gasteiger charge is 2.35. The third-order valence-corrected chi connectivity index (χ3v) is 4.40. The third kappa shape index (κ3) is 5.21. The zero-order valence-electron chi connectivity index (χ0n) is 14.1. The maximum absolute atomic E-state index is 5.60. The van der Waals surface area contributed by atoms with Gasteiger partial charge in [0.2, 0.25) is 0 Å². The monoisotopic (exact) mass is 429 g/mol. The fourth-order valence-electron chi connectivity index (χ4n) is 3.11. The molecule has 0 radical (unpaired) electrons. The number of guanidine groups is 1. The lowest BCUT2D eigenvalue weighted by atomic mass is 9.72. The highest BCUT2D eigenvalue weighted by Crippen LogP contribution is 2.36. The Balaban J connectivity index is 0.00000264. The van der Waals surface area contributed by atoms with E-state index in [-0.39, 0.29) is 29.4 Å². The van der Waals surface area contributed by atoms with Gasteiger partial charge in [-0.15, -0.1) is 30.6 Å². The summed E-state index contributed by atoms with van der Waals surface area (Å²) in [6, 6.07) is 8.67. The minimum Gasteiger partial charge on any atom is -0.381 e. The summed E-state index contributed by atoms with van der Waals surface area (Å²) in [5.74, 6) is 0.819. The smallest absolute Gasteiger partial charge is 0.191 e. The molecule has 1 aromatic carbocycles. The van der Waals surface area contributed by atoms with Crippen LogP contribution in [0, 0.1) is 6.92 Å². The average molecular weight is 429 g/mol. The molecule has 1 aromatic rings. The second kappa shape index (κ2) is 9.93. The van der Waals surface area contributed by atoms with Crippen LogP contribution in [0.4, 0.5) is 0 Å². The summed E-state index contributed by atoms with van der Waals surface area (Å²) in [4.78, 5) is 4.27. The van der Waals surface area contributed by atoms with E-state index in [0.29, 0.717) is 6.54 Å². The molecule has 0 aromatic heterocycles. The number of ether oxygens (including phenoxy) is 1. The van der Waals surface area contributed by atoms with Crippen molar-refractivity contribution in [3.63, 3.8) is 0 Å². The number of hydrogen-bond donors (Lipinski definition) is 2. The third-order valence-electron chi connectivity index (χ3n) is 4.40. The first-order valence-corrected chi connectivity index (χ1v) is 7.91. The topological polar surface area (TPSA) is 45.7 Å². The number of benzene rings is 1. The van der Waals surface area contributed by atoms with Crippen molar-refractivity contribution in [2.45, 2.75) is 25.2 Å². The molecule has 128 valence electrons. The molecule has 1 aliphatic rings. The Kier molecular flexibility index (Phi) is 8.62. The van der Waals surface area contributed by atoms with Crippen LogP contribution in [0.25, 0.3) is 0 Å². The summed E-state index contributed by atoms with van der Waals surface area (Å²) in [5, 5.41) is 6.71. The summed E-state index contributed by atoms with van der Waals surface area (Å²) in [6.07, 6.45) is 3.89. The molecule has 0 unspecified atom stereocenters. The Morgan fingerprint density at radius 1 is 1.30 bits per heavy atom. The van der Waals surface area contributed by atoms with Crippen LogP contribution in [0.2, 0.25) is 0 Å². The summed E-state index contributed by atoms with van der Waals surface area (Å²) in [6.45, 7) is 9.12. The largest absolute Gasteiger partial charge is 0.381 e. The lowest BCUT2D eigenvalue weighted by Gasteiger charge is -2.39. The molecule has 1 fully saturated rings. The SMILES string of the molecule is C=CCNC(=NC)NCC1(c2ccccc2C)CCOCC1.I. The molecule has 5 heteroatoms. The van der Waals surface area contributed by atoms with Crippen molar-refractivity contribution in [3.8, 4) is 0 Å². The van der Waals surface area contributed by atoms with E-state index in [4.69, 9.17) is 4.74 Å². The number of aliphatic imine (C=N–C) groups is 1. The number of nitrogens with zero attached hydrogens (tertiary/aromatic N) is 1. The van der Waals surface area contributed by atoms with Gasteiger partial charge < -0.3 is 15.4 Å². The predicted octanol–water partition coefficient (Wildman–Crippen LogP) is 3.01. The summed E-state index contributed by atoms with van der Waals surface area (Å²) in [5.41, 5.74) is 2.88. The van der Waals surface area contributed by atoms with Crippen molar-refractivity contribution in [1.29, 1.82) is 0 Å². The number of halogens is 1. The molecule has 2 rings (SSSR count). The lowest BCUT2D eigenvalue weighted by molar-refractivity contribution is 0.0512. The van der Waals surface area contributed by atoms with E-state index >= 15 is 0 Å². The average Bonchev–Trinajstić information content (AvgIpc) is 2.56. The van der Waals surface area contributed by atoms with Gasteiger partial charge in [0.1, 0.15) is 0 Å². The molecule has 0 bridgehead atoms. The van der Waals surface area contributed by atoms with Crippen molar-refractivity contribution in [1.82, 2.24) is 10.6 Å². The van der Waals surface area contributed by atoms with Gasteiger partial charge in [0.05, 0.1) is 0 Å². The van der Waals surface area contributed by atoms with Crippen molar-refractivity contribution in [2.75, 3.05) is 33.4 Å². The van der Waals surface area contributed by atoms with Gasteiger partial charge >= 0.3 is 0 Å². The second-order valence-electron chi connectivity index (χ2n) is 5.80. The minimum atomic E-state index is 0. The van der Waals surface area contributed by atoms with Crippen LogP contribution in [0.15, 0.2) is 41.9 Å². The molecule has 1 heterocycles. The number of aryl methyl sites for hydroxylation is 1. The summed E-state index contributed by atoms with van der Waals surface area (Å²) in [7, 11) is 1.79. The molecule has 0 aliphatic carbocycles. The van der Waals surface area contributed by atoms with Gasteiger partial charge in [-0.25, -0.2) is 0 Å². The standard InChI is InChI=1S/C18H27N3O.HI/c1-4-11-20-17(19-3)21-14-18(9-12-22-13-10-18)16-8-6-5-7-15(16)2;/h4-8H,1,9-14H2,2-3H3,(H2,19,20,21);1H. The summed E-state index contributed by atoms with van der Waals surface area (Å²) < 4.78 is 5.60. The zero-order valence-corrected chi connectivity index (χ0v) is 16.4. The van der Waals surface area contributed by atoms with E-state index < -0.39 is 0 Å². The molecule has 1 aliphatic heterocycles. The van der Waals surface area contributed by atoms with Crippen molar-refractivity contribution >= 4 is 29.9 Å². The fourth-order valence-corrected chi connectivity index (χ4v) is 3.11. The highest BCUT2D eigenvalue weighted by atomic mass is 127. The maximum atomic E-state index is 5.60. The van der Waals surface area contributed by atoms with Gasteiger partial charge in [0.25, 0.3) is 0 Å². The molecule has 4 nitrogen and oxygen atoms in total. The molecule has 23 heavy (non-hydrogen) atoms. The number of hydrogen-bond acceptors (Lipinski definition) is 2. The fraction of sp³-hybridized carbons (Fsp3) is 0.500. The van der Waals surface area contributed by atoms with E-state index in [2.05, 4.69) is 53.4 Å². The Hall–Kier alpha value is -1.08. The lowest BCUT2D eigenvalue weighted by Crippen LogP contribution is -2.48. The number of nitrogens with one attached hydrogen (secondary N) is 2. The Morgan fingerprint density at radius 3 is 2.61 bits per heavy atom. The van der Waals surface area contributed by atoms with Gasteiger partial charge in [0.15, 0.2) is 5.96 Å². The Labute approximate surface area is 156 Å². The minimum absolute atomic E-state index is 0. The van der Waals surface area contributed by atoms with Gasteiger partial charge in [-0.1, -0.05) is 30.3 Å². The van der Waals surface area contributed by atoms with E-state index in [1.807, 2.05) is 6.08 Å². The maximum Gasteiger partial charge on any atom is 0.191 e. The van der Waals surface area contributed by atoms with Crippen LogP contribution >= 0.6 is 24.0 Å². The van der Waals surface area contributed by atoms with Gasteiger partial charge in [-0.3, -0.25) is 4.99 Å². The van der Waals surface area contributed by atoms with Crippen molar-refractivity contribution in [3.05, 3.63) is 48.0 Å². The number of rotatable bonds is 5. The molecule has 0 atom stereocenters. The van der Waals surface area contributed by atoms with Gasteiger partial charge in [-0.2, -0.15) is 0 Å². The molecule has 0 amide bonds. The first-order valence-electron chi connectivity index (χ1n) is 7.91. The van der Waals surface area contributed by atoms with Gasteiger partial charge in [0, 0.05) is 38.8 Å². The van der Waals surface area contributed by atoms with Crippen molar-refractivity contribution in [2.24, 2.45) is 4.99 Å². The molecule has 0 spiro atoms. The van der Waals surface area contributed by atoms with Crippen LogP contribution in [0.1, 0.15) is 24.0 Å². The molecular formula is C18H28IN3O. The van der Waals surface area contributed by atoms with E-state index in [1.165, 1.54) is 11.1 Å². The van der Waals surface area contributed by atoms with E-state index in [9.17, 15) is 0 Å². The molecule has 2 N–H and O–H groups in total. The van der Waals surface area contributed by atoms with Crippen LogP contribution < -0.4 is 10.6 Å². The zero-order chi connectivity index (χ0) is 15.8. The second-order valence-corrected chi connectivity index (χ2v) is 5.80. The summed E-state index contributed by atoms with van der Waals surface area (Å²) >= 11 is 0. The first kappa shape index (κ1) is 20.0. The highest BCUT2D eigenvalue weighted by molar-refractivity contribution is 14.0. The van der Waals surface area contributed by atoms with Crippen molar-refractivity contribution < 1.29 is 4.74 Å². The van der Waals surface area contributed by atoms with Crippen LogP contribution in [0.5, 0.6) is 0 Å². The molecule has 1 saturated heterocycles.